The van der Waals surface area contributed by atoms with Crippen LogP contribution in [0.4, 0.5) is 0 Å². The highest BCUT2D eigenvalue weighted by atomic mass is 32.1. The maximum Gasteiger partial charge on any atom is 0.273 e. The summed E-state index contributed by atoms with van der Waals surface area (Å²) in [5, 5.41) is 5.81. The Hall–Kier alpha value is -2.61. The van der Waals surface area contributed by atoms with Gasteiger partial charge in [-0.3, -0.25) is 4.79 Å². The third-order valence-corrected chi connectivity index (χ3v) is 5.24. The number of carbonyl (C=O) groups excluding carboxylic acids is 1. The van der Waals surface area contributed by atoms with Crippen LogP contribution in [-0.4, -0.2) is 37.5 Å². The summed E-state index contributed by atoms with van der Waals surface area (Å²) in [6, 6.07) is 1.89. The fraction of sp³-hybridized carbons (Fsp3) is 0.389. The van der Waals surface area contributed by atoms with Gasteiger partial charge < -0.3 is 9.42 Å². The summed E-state index contributed by atoms with van der Waals surface area (Å²) in [5.74, 6) is 1.36. The van der Waals surface area contributed by atoms with E-state index in [9.17, 15) is 4.79 Å². The molecule has 0 bridgehead atoms. The standard InChI is InChI=1S/C18H19N5O2S/c1-10-17(11(2)25-22-10)14-7-13(20-12(3)21-14)16-5-4-6-23(16)18(24)15-8-26-9-19-15/h7-9,16H,4-6H2,1-3H3/t16-/m1/s1. The summed E-state index contributed by atoms with van der Waals surface area (Å²) in [6.07, 6.45) is 1.83. The van der Waals surface area contributed by atoms with Gasteiger partial charge in [-0.25, -0.2) is 15.0 Å². The van der Waals surface area contributed by atoms with Crippen molar-refractivity contribution in [2.75, 3.05) is 6.54 Å². The van der Waals surface area contributed by atoms with Crippen LogP contribution in [0.1, 0.15) is 52.3 Å². The normalized spacial score (nSPS) is 17.0. The summed E-state index contributed by atoms with van der Waals surface area (Å²) in [7, 11) is 0. The second-order valence-corrected chi connectivity index (χ2v) is 7.17. The van der Waals surface area contributed by atoms with E-state index in [1.54, 1.807) is 10.9 Å². The molecule has 1 saturated heterocycles. The second kappa shape index (κ2) is 6.60. The summed E-state index contributed by atoms with van der Waals surface area (Å²) >= 11 is 1.43. The lowest BCUT2D eigenvalue weighted by atomic mass is 10.1. The smallest absolute Gasteiger partial charge is 0.273 e. The third-order valence-electron chi connectivity index (χ3n) is 4.65. The minimum Gasteiger partial charge on any atom is -0.361 e. The number of likely N-dealkylation sites (tertiary alicyclic amines) is 1. The topological polar surface area (TPSA) is 85.0 Å². The Morgan fingerprint density at radius 3 is 2.85 bits per heavy atom. The van der Waals surface area contributed by atoms with Gasteiger partial charge in [0, 0.05) is 11.9 Å². The fourth-order valence-electron chi connectivity index (χ4n) is 3.52. The molecular formula is C18H19N5O2S. The van der Waals surface area contributed by atoms with Crippen molar-refractivity contribution in [1.82, 2.24) is 25.0 Å². The van der Waals surface area contributed by atoms with Gasteiger partial charge in [-0.15, -0.1) is 11.3 Å². The fourth-order valence-corrected chi connectivity index (χ4v) is 4.05. The van der Waals surface area contributed by atoms with E-state index in [0.717, 1.165) is 41.2 Å². The van der Waals surface area contributed by atoms with Crippen LogP contribution in [-0.2, 0) is 0 Å². The van der Waals surface area contributed by atoms with Crippen molar-refractivity contribution in [3.63, 3.8) is 0 Å². The van der Waals surface area contributed by atoms with Crippen LogP contribution in [0.5, 0.6) is 0 Å². The zero-order chi connectivity index (χ0) is 18.3. The number of carbonyl (C=O) groups is 1. The Labute approximate surface area is 155 Å². The Balaban J connectivity index is 1.72. The van der Waals surface area contributed by atoms with Gasteiger partial charge in [-0.05, 0) is 39.7 Å². The maximum absolute atomic E-state index is 12.8. The molecule has 4 heterocycles. The first-order valence-corrected chi connectivity index (χ1v) is 9.47. The van der Waals surface area contributed by atoms with Gasteiger partial charge in [-0.1, -0.05) is 5.16 Å². The minimum atomic E-state index is -0.0647. The molecule has 1 atom stereocenters. The van der Waals surface area contributed by atoms with Crippen molar-refractivity contribution in [3.05, 3.63) is 45.6 Å². The van der Waals surface area contributed by atoms with Gasteiger partial charge >= 0.3 is 0 Å². The molecule has 7 nitrogen and oxygen atoms in total. The largest absolute Gasteiger partial charge is 0.361 e. The highest BCUT2D eigenvalue weighted by Gasteiger charge is 2.33. The summed E-state index contributed by atoms with van der Waals surface area (Å²) in [5.41, 5.74) is 5.52. The number of hydrogen-bond donors (Lipinski definition) is 0. The van der Waals surface area contributed by atoms with Crippen LogP contribution in [0.15, 0.2) is 21.5 Å². The van der Waals surface area contributed by atoms with Gasteiger partial charge in [0.1, 0.15) is 17.3 Å². The van der Waals surface area contributed by atoms with Gasteiger partial charge in [0.15, 0.2) is 0 Å². The van der Waals surface area contributed by atoms with Crippen LogP contribution in [0.2, 0.25) is 0 Å². The van der Waals surface area contributed by atoms with E-state index in [1.807, 2.05) is 31.7 Å². The average molecular weight is 369 g/mol. The lowest BCUT2D eigenvalue weighted by Crippen LogP contribution is -2.31. The molecule has 1 fully saturated rings. The van der Waals surface area contributed by atoms with Crippen molar-refractivity contribution in [2.45, 2.75) is 39.7 Å². The van der Waals surface area contributed by atoms with E-state index in [2.05, 4.69) is 20.1 Å². The molecular weight excluding hydrogens is 350 g/mol. The molecule has 1 amide bonds. The van der Waals surface area contributed by atoms with Crippen LogP contribution in [0.25, 0.3) is 11.3 Å². The van der Waals surface area contributed by atoms with E-state index in [-0.39, 0.29) is 11.9 Å². The van der Waals surface area contributed by atoms with E-state index in [4.69, 9.17) is 4.52 Å². The molecule has 3 aromatic rings. The Morgan fingerprint density at radius 1 is 1.31 bits per heavy atom. The number of aryl methyl sites for hydroxylation is 3. The monoisotopic (exact) mass is 369 g/mol. The summed E-state index contributed by atoms with van der Waals surface area (Å²) in [4.78, 5) is 28.0. The number of thiazole rings is 1. The van der Waals surface area contributed by atoms with Gasteiger partial charge in [0.25, 0.3) is 5.91 Å². The predicted octanol–water partition coefficient (Wildman–Crippen LogP) is 3.49. The number of hydrogen-bond acceptors (Lipinski definition) is 7. The zero-order valence-corrected chi connectivity index (χ0v) is 15.7. The molecule has 0 aromatic carbocycles. The van der Waals surface area contributed by atoms with Crippen molar-refractivity contribution >= 4 is 17.2 Å². The highest BCUT2D eigenvalue weighted by molar-refractivity contribution is 7.07. The maximum atomic E-state index is 12.8. The van der Waals surface area contributed by atoms with Gasteiger partial charge in [0.2, 0.25) is 0 Å². The first-order chi connectivity index (χ1) is 12.5. The number of amides is 1. The highest BCUT2D eigenvalue weighted by Crippen LogP contribution is 2.34. The molecule has 1 aliphatic rings. The number of nitrogens with zero attached hydrogens (tertiary/aromatic N) is 5. The SMILES string of the molecule is Cc1nc(-c2c(C)noc2C)cc([C@H]2CCCN2C(=O)c2cscn2)n1. The molecule has 4 rings (SSSR count). The first kappa shape index (κ1) is 16.8. The molecule has 26 heavy (non-hydrogen) atoms. The van der Waals surface area contributed by atoms with Crippen molar-refractivity contribution in [2.24, 2.45) is 0 Å². The van der Waals surface area contributed by atoms with Crippen LogP contribution >= 0.6 is 11.3 Å². The van der Waals surface area contributed by atoms with E-state index in [1.165, 1.54) is 11.3 Å². The van der Waals surface area contributed by atoms with Crippen molar-refractivity contribution in [3.8, 4) is 11.3 Å². The lowest BCUT2D eigenvalue weighted by molar-refractivity contribution is 0.0727. The Kier molecular flexibility index (Phi) is 4.28. The first-order valence-electron chi connectivity index (χ1n) is 8.52. The molecule has 1 aliphatic heterocycles. The Bertz CT molecular complexity index is 931. The van der Waals surface area contributed by atoms with E-state index >= 15 is 0 Å². The lowest BCUT2D eigenvalue weighted by Gasteiger charge is -2.24. The van der Waals surface area contributed by atoms with E-state index in [0.29, 0.717) is 18.1 Å². The minimum absolute atomic E-state index is 0.0381. The molecule has 0 aliphatic carbocycles. The van der Waals surface area contributed by atoms with Gasteiger partial charge in [-0.2, -0.15) is 0 Å². The van der Waals surface area contributed by atoms with E-state index < -0.39 is 0 Å². The number of rotatable bonds is 3. The molecule has 0 unspecified atom stereocenters. The Morgan fingerprint density at radius 2 is 2.15 bits per heavy atom. The quantitative estimate of drug-likeness (QED) is 0.702. The van der Waals surface area contributed by atoms with Crippen molar-refractivity contribution in [1.29, 1.82) is 0 Å². The molecule has 0 spiro atoms. The molecule has 0 radical (unpaired) electrons. The molecule has 8 heteroatoms. The zero-order valence-electron chi connectivity index (χ0n) is 14.9. The molecule has 134 valence electrons. The van der Waals surface area contributed by atoms with Crippen LogP contribution in [0.3, 0.4) is 0 Å². The van der Waals surface area contributed by atoms with Gasteiger partial charge in [0.05, 0.1) is 34.2 Å². The number of aromatic nitrogens is 4. The average Bonchev–Trinajstić information content (AvgIpc) is 3.35. The van der Waals surface area contributed by atoms with Crippen LogP contribution in [0, 0.1) is 20.8 Å². The molecule has 0 N–H and O–H groups in total. The molecule has 0 saturated carbocycles. The third kappa shape index (κ3) is 2.90. The van der Waals surface area contributed by atoms with Crippen LogP contribution < -0.4 is 0 Å². The van der Waals surface area contributed by atoms with Crippen molar-refractivity contribution < 1.29 is 9.32 Å². The molecule has 3 aromatic heterocycles. The predicted molar refractivity (Wildman–Crippen MR) is 96.9 cm³/mol. The summed E-state index contributed by atoms with van der Waals surface area (Å²) < 4.78 is 5.28. The second-order valence-electron chi connectivity index (χ2n) is 6.45. The summed E-state index contributed by atoms with van der Waals surface area (Å²) in [6.45, 7) is 6.36.